The van der Waals surface area contributed by atoms with Gasteiger partial charge in [-0.05, 0) is 62.1 Å². The first-order valence-corrected chi connectivity index (χ1v) is 10.1. The minimum atomic E-state index is -0.0900. The van der Waals surface area contributed by atoms with Crippen LogP contribution in [0.1, 0.15) is 47.1 Å². The molecular weight excluding hydrogens is 362 g/mol. The van der Waals surface area contributed by atoms with Gasteiger partial charge in [-0.15, -0.1) is 0 Å². The van der Waals surface area contributed by atoms with Crippen LogP contribution in [0.25, 0.3) is 0 Å². The molecule has 0 aromatic carbocycles. The minimum Gasteiger partial charge on any atom is -0.352 e. The van der Waals surface area contributed by atoms with E-state index in [2.05, 4.69) is 31.2 Å². The zero-order chi connectivity index (χ0) is 19.9. The minimum absolute atomic E-state index is 0.0900. The van der Waals surface area contributed by atoms with Crippen LogP contribution in [0, 0.1) is 0 Å². The van der Waals surface area contributed by atoms with Crippen molar-refractivity contribution in [1.82, 2.24) is 20.3 Å². The van der Waals surface area contributed by atoms with Crippen LogP contribution in [0.15, 0.2) is 67.1 Å². The third kappa shape index (κ3) is 4.77. The number of hydrogen-bond acceptors (Lipinski definition) is 5. The number of aryl methyl sites for hydroxylation is 1. The molecule has 0 spiro atoms. The molecule has 1 fully saturated rings. The number of carbonyl (C=O) groups excluding carboxylic acids is 1. The second kappa shape index (κ2) is 9.28. The molecule has 6 nitrogen and oxygen atoms in total. The average Bonchev–Trinajstić information content (AvgIpc) is 3.28. The number of aromatic nitrogens is 3. The Labute approximate surface area is 171 Å². The highest BCUT2D eigenvalue weighted by molar-refractivity contribution is 5.94. The number of rotatable bonds is 7. The maximum atomic E-state index is 12.4. The van der Waals surface area contributed by atoms with Gasteiger partial charge in [0.05, 0.1) is 17.3 Å². The fourth-order valence-electron chi connectivity index (χ4n) is 3.73. The van der Waals surface area contributed by atoms with Crippen molar-refractivity contribution in [2.75, 3.05) is 18.0 Å². The van der Waals surface area contributed by atoms with E-state index in [1.165, 1.54) is 0 Å². The topological polar surface area (TPSA) is 71.0 Å². The van der Waals surface area contributed by atoms with E-state index in [4.69, 9.17) is 0 Å². The molecule has 1 saturated heterocycles. The maximum absolute atomic E-state index is 12.4. The molecule has 1 aliphatic rings. The lowest BCUT2D eigenvalue weighted by atomic mass is 10.1. The number of nitrogens with one attached hydrogen (secondary N) is 1. The van der Waals surface area contributed by atoms with Gasteiger partial charge in [-0.2, -0.15) is 0 Å². The average molecular weight is 387 g/mol. The van der Waals surface area contributed by atoms with Gasteiger partial charge < -0.3 is 10.2 Å². The summed E-state index contributed by atoms with van der Waals surface area (Å²) in [6.07, 6.45) is 9.17. The Morgan fingerprint density at radius 1 is 1.03 bits per heavy atom. The summed E-state index contributed by atoms with van der Waals surface area (Å²) in [5, 5.41) is 2.96. The van der Waals surface area contributed by atoms with Gasteiger partial charge >= 0.3 is 0 Å². The predicted octanol–water partition coefficient (Wildman–Crippen LogP) is 3.58. The molecule has 4 rings (SSSR count). The fraction of sp³-hybridized carbons (Fsp3) is 0.304. The van der Waals surface area contributed by atoms with Crippen LogP contribution < -0.4 is 10.2 Å². The van der Waals surface area contributed by atoms with Crippen molar-refractivity contribution in [1.29, 1.82) is 0 Å². The molecule has 1 N–H and O–H groups in total. The first-order valence-electron chi connectivity index (χ1n) is 10.1. The van der Waals surface area contributed by atoms with Crippen LogP contribution in [0.2, 0.25) is 0 Å². The summed E-state index contributed by atoms with van der Waals surface area (Å²) in [6.45, 7) is 1.57. The second-order valence-electron chi connectivity index (χ2n) is 7.19. The Hall–Kier alpha value is -3.28. The summed E-state index contributed by atoms with van der Waals surface area (Å²) in [7, 11) is 0. The SMILES string of the molecule is O=C(NCCCc1ccccn1)c1ccc(N2CCCC2c2ccccn2)nc1. The van der Waals surface area contributed by atoms with Gasteiger partial charge in [0.15, 0.2) is 0 Å². The monoisotopic (exact) mass is 387 g/mol. The zero-order valence-corrected chi connectivity index (χ0v) is 16.4. The van der Waals surface area contributed by atoms with Gasteiger partial charge in [0.2, 0.25) is 0 Å². The van der Waals surface area contributed by atoms with E-state index < -0.39 is 0 Å². The molecule has 3 aromatic heterocycles. The molecule has 148 valence electrons. The quantitative estimate of drug-likeness (QED) is 0.628. The number of anilines is 1. The third-order valence-corrected chi connectivity index (χ3v) is 5.21. The highest BCUT2D eigenvalue weighted by Crippen LogP contribution is 2.34. The van der Waals surface area contributed by atoms with E-state index in [-0.39, 0.29) is 11.9 Å². The smallest absolute Gasteiger partial charge is 0.252 e. The molecule has 1 aliphatic heterocycles. The Bertz CT molecular complexity index is 915. The molecule has 1 unspecified atom stereocenters. The van der Waals surface area contributed by atoms with Crippen LogP contribution in [0.5, 0.6) is 0 Å². The number of nitrogens with zero attached hydrogens (tertiary/aromatic N) is 4. The predicted molar refractivity (Wildman–Crippen MR) is 113 cm³/mol. The maximum Gasteiger partial charge on any atom is 0.252 e. The largest absolute Gasteiger partial charge is 0.352 e. The standard InChI is InChI=1S/C23H25N5O/c29-23(26-15-5-8-19-7-1-3-13-24-19)18-11-12-22(27-17-18)28-16-6-10-21(28)20-9-2-4-14-25-20/h1-4,7,9,11-14,17,21H,5-6,8,10,15-16H2,(H,26,29). The lowest BCUT2D eigenvalue weighted by molar-refractivity contribution is 0.0953. The lowest BCUT2D eigenvalue weighted by Gasteiger charge is -2.25. The van der Waals surface area contributed by atoms with Crippen molar-refractivity contribution in [2.45, 2.75) is 31.7 Å². The van der Waals surface area contributed by atoms with Crippen LogP contribution in [-0.4, -0.2) is 33.9 Å². The number of pyridine rings is 3. The molecule has 0 saturated carbocycles. The summed E-state index contributed by atoms with van der Waals surface area (Å²) < 4.78 is 0. The van der Waals surface area contributed by atoms with E-state index in [1.54, 1.807) is 12.4 Å². The van der Waals surface area contributed by atoms with Gasteiger partial charge in [0, 0.05) is 37.4 Å². The van der Waals surface area contributed by atoms with Gasteiger partial charge in [-0.1, -0.05) is 12.1 Å². The summed E-state index contributed by atoms with van der Waals surface area (Å²) >= 11 is 0. The molecular formula is C23H25N5O. The molecule has 3 aromatic rings. The summed E-state index contributed by atoms with van der Waals surface area (Å²) in [5.74, 6) is 0.803. The van der Waals surface area contributed by atoms with Crippen LogP contribution in [-0.2, 0) is 6.42 Å². The van der Waals surface area contributed by atoms with Crippen molar-refractivity contribution in [3.8, 4) is 0 Å². The molecule has 6 heteroatoms. The van der Waals surface area contributed by atoms with Crippen molar-refractivity contribution < 1.29 is 4.79 Å². The van der Waals surface area contributed by atoms with Gasteiger partial charge in [0.25, 0.3) is 5.91 Å². The highest BCUT2D eigenvalue weighted by Gasteiger charge is 2.28. The molecule has 4 heterocycles. The van der Waals surface area contributed by atoms with E-state index in [0.717, 1.165) is 49.4 Å². The first kappa shape index (κ1) is 19.1. The van der Waals surface area contributed by atoms with Gasteiger partial charge in [-0.25, -0.2) is 4.98 Å². The van der Waals surface area contributed by atoms with Gasteiger partial charge in [-0.3, -0.25) is 14.8 Å². The fourth-order valence-corrected chi connectivity index (χ4v) is 3.73. The van der Waals surface area contributed by atoms with Crippen LogP contribution >= 0.6 is 0 Å². The third-order valence-electron chi connectivity index (χ3n) is 5.21. The van der Waals surface area contributed by atoms with E-state index in [1.807, 2.05) is 48.7 Å². The second-order valence-corrected chi connectivity index (χ2v) is 7.19. The van der Waals surface area contributed by atoms with Crippen molar-refractivity contribution in [2.24, 2.45) is 0 Å². The van der Waals surface area contributed by atoms with Crippen LogP contribution in [0.4, 0.5) is 5.82 Å². The first-order chi connectivity index (χ1) is 14.3. The van der Waals surface area contributed by atoms with E-state index in [9.17, 15) is 4.79 Å². The summed E-state index contributed by atoms with van der Waals surface area (Å²) in [5.41, 5.74) is 2.70. The van der Waals surface area contributed by atoms with E-state index in [0.29, 0.717) is 12.1 Å². The summed E-state index contributed by atoms with van der Waals surface area (Å²) in [6, 6.07) is 15.9. The molecule has 1 amide bonds. The van der Waals surface area contributed by atoms with Crippen molar-refractivity contribution in [3.63, 3.8) is 0 Å². The number of hydrogen-bond donors (Lipinski definition) is 1. The number of amides is 1. The Morgan fingerprint density at radius 3 is 2.62 bits per heavy atom. The van der Waals surface area contributed by atoms with Crippen molar-refractivity contribution in [3.05, 3.63) is 84.1 Å². The Morgan fingerprint density at radius 2 is 1.90 bits per heavy atom. The molecule has 0 radical (unpaired) electrons. The molecule has 29 heavy (non-hydrogen) atoms. The summed E-state index contributed by atoms with van der Waals surface area (Å²) in [4.78, 5) is 28.0. The van der Waals surface area contributed by atoms with Gasteiger partial charge in [0.1, 0.15) is 5.82 Å². The van der Waals surface area contributed by atoms with E-state index >= 15 is 0 Å². The highest BCUT2D eigenvalue weighted by atomic mass is 16.1. The van der Waals surface area contributed by atoms with Crippen molar-refractivity contribution >= 4 is 11.7 Å². The van der Waals surface area contributed by atoms with Crippen LogP contribution in [0.3, 0.4) is 0 Å². The molecule has 1 atom stereocenters. The Balaban J connectivity index is 1.32. The lowest BCUT2D eigenvalue weighted by Crippen LogP contribution is -2.26. The zero-order valence-electron chi connectivity index (χ0n) is 16.4. The normalized spacial score (nSPS) is 16.0. The Kier molecular flexibility index (Phi) is 6.10. The molecule has 0 aliphatic carbocycles. The number of carbonyl (C=O) groups is 1. The molecule has 0 bridgehead atoms.